The number of pyridine rings is 1. The SMILES string of the molecule is CCc1cnc(C)c(/C(C#N)=C(\CC(C)CC)C2=NC=C(SNC(C)P(F)F)C=CC2)c1.Cc1nccs1. The third-order valence-electron chi connectivity index (χ3n) is 5.97. The molecule has 0 saturated carbocycles. The number of halogens is 2. The fraction of sp³-hybridized carbons (Fsp3) is 0.429. The topological polar surface area (TPSA) is 74.0 Å². The quantitative estimate of drug-likeness (QED) is 0.174. The van der Waals surface area contributed by atoms with E-state index in [-0.39, 0.29) is 0 Å². The van der Waals surface area contributed by atoms with E-state index in [1.54, 1.807) is 23.7 Å². The van der Waals surface area contributed by atoms with Gasteiger partial charge in [0.05, 0.1) is 16.4 Å². The molecule has 38 heavy (non-hydrogen) atoms. The van der Waals surface area contributed by atoms with Crippen LogP contribution in [0, 0.1) is 31.1 Å². The second kappa shape index (κ2) is 16.7. The van der Waals surface area contributed by atoms with Crippen LogP contribution < -0.4 is 4.72 Å². The molecule has 0 spiro atoms. The van der Waals surface area contributed by atoms with E-state index in [2.05, 4.69) is 47.6 Å². The van der Waals surface area contributed by atoms with Crippen molar-refractivity contribution in [2.75, 3.05) is 0 Å². The summed E-state index contributed by atoms with van der Waals surface area (Å²) < 4.78 is 28.5. The Balaban J connectivity index is 0.000000739. The van der Waals surface area contributed by atoms with Gasteiger partial charge in [0.25, 0.3) is 8.54 Å². The number of allylic oxidation sites excluding steroid dienone is 4. The van der Waals surface area contributed by atoms with Crippen LogP contribution in [0.25, 0.3) is 5.57 Å². The molecule has 2 aromatic heterocycles. The Morgan fingerprint density at radius 2 is 2.03 bits per heavy atom. The highest BCUT2D eigenvalue weighted by Gasteiger charge is 2.20. The molecule has 2 atom stereocenters. The molecular formula is C28H36F2N5PS2. The predicted molar refractivity (Wildman–Crippen MR) is 160 cm³/mol. The molecule has 2 aromatic rings. The Bertz CT molecular complexity index is 1200. The number of rotatable bonds is 10. The summed E-state index contributed by atoms with van der Waals surface area (Å²) in [6.07, 6.45) is 12.4. The summed E-state index contributed by atoms with van der Waals surface area (Å²) in [5.74, 6) is -0.469. The van der Waals surface area contributed by atoms with E-state index in [4.69, 9.17) is 4.99 Å². The summed E-state index contributed by atoms with van der Waals surface area (Å²) in [6.45, 7) is 11.8. The number of aryl methyl sites for hydroxylation is 3. The zero-order chi connectivity index (χ0) is 28.1. The minimum Gasteiger partial charge on any atom is -0.261 e. The highest BCUT2D eigenvalue weighted by Crippen LogP contribution is 2.43. The summed E-state index contributed by atoms with van der Waals surface area (Å²) in [4.78, 5) is 13.9. The van der Waals surface area contributed by atoms with Crippen molar-refractivity contribution < 1.29 is 8.39 Å². The van der Waals surface area contributed by atoms with E-state index < -0.39 is 14.3 Å². The maximum atomic E-state index is 12.8. The number of thiazole rings is 1. The summed E-state index contributed by atoms with van der Waals surface area (Å²) in [5.41, 5.74) is 5.15. The lowest BCUT2D eigenvalue weighted by molar-refractivity contribution is 0.565. The Kier molecular flexibility index (Phi) is 14.0. The number of nitriles is 1. The lowest BCUT2D eigenvalue weighted by Gasteiger charge is -2.17. The lowest BCUT2D eigenvalue weighted by atomic mass is 9.87. The number of hydrogen-bond acceptors (Lipinski definition) is 7. The fourth-order valence-electron chi connectivity index (χ4n) is 3.44. The molecular weight excluding hydrogens is 539 g/mol. The number of nitrogens with zero attached hydrogens (tertiary/aromatic N) is 4. The van der Waals surface area contributed by atoms with Gasteiger partial charge in [0.15, 0.2) is 0 Å². The third-order valence-corrected chi connectivity index (χ3v) is 8.51. The van der Waals surface area contributed by atoms with Gasteiger partial charge in [0, 0.05) is 52.3 Å². The molecule has 5 nitrogen and oxygen atoms in total. The smallest absolute Gasteiger partial charge is 0.261 e. The van der Waals surface area contributed by atoms with E-state index in [1.165, 1.54) is 6.92 Å². The molecule has 3 rings (SSSR count). The predicted octanol–water partition coefficient (Wildman–Crippen LogP) is 9.19. The highest BCUT2D eigenvalue weighted by molar-refractivity contribution is 8.01. The summed E-state index contributed by atoms with van der Waals surface area (Å²) in [5, 5.41) is 13.3. The van der Waals surface area contributed by atoms with E-state index in [0.29, 0.717) is 17.9 Å². The van der Waals surface area contributed by atoms with Crippen LogP contribution in [0.15, 0.2) is 57.7 Å². The van der Waals surface area contributed by atoms with Crippen LogP contribution in [0.4, 0.5) is 8.39 Å². The monoisotopic (exact) mass is 575 g/mol. The molecule has 0 bridgehead atoms. The third kappa shape index (κ3) is 10.1. The molecule has 0 radical (unpaired) electrons. The highest BCUT2D eigenvalue weighted by atomic mass is 32.2. The standard InChI is InChI=1S/C24H31F2N4PS.C4H5NS/c1-6-16(3)11-22(23(13-27)21-12-19(7-2)14-28-17(21)4)24-10-8-9-20(15-29-24)32-30-18(5)31(25)26;1-4-5-2-3-6-4/h8-9,12,14-16,18,30H,6-7,10-11H2,1-5H3;2-3H,1H3/b23-22+;. The number of aromatic nitrogens is 2. The van der Waals surface area contributed by atoms with Crippen molar-refractivity contribution in [1.82, 2.24) is 14.7 Å². The van der Waals surface area contributed by atoms with Gasteiger partial charge >= 0.3 is 0 Å². The second-order valence-corrected chi connectivity index (χ2v) is 12.2. The minimum atomic E-state index is -3.04. The van der Waals surface area contributed by atoms with Crippen LogP contribution in [0.1, 0.15) is 68.8 Å². The van der Waals surface area contributed by atoms with Crippen molar-refractivity contribution in [1.29, 1.82) is 5.26 Å². The average molecular weight is 576 g/mol. The van der Waals surface area contributed by atoms with Crippen LogP contribution in [0.2, 0.25) is 0 Å². The van der Waals surface area contributed by atoms with Crippen LogP contribution in [-0.2, 0) is 6.42 Å². The van der Waals surface area contributed by atoms with Gasteiger partial charge in [0.2, 0.25) is 0 Å². The molecule has 1 aliphatic heterocycles. The normalized spacial score (nSPS) is 15.4. The van der Waals surface area contributed by atoms with Gasteiger partial charge in [-0.2, -0.15) is 13.7 Å². The maximum absolute atomic E-state index is 12.8. The molecule has 1 N–H and O–H groups in total. The summed E-state index contributed by atoms with van der Waals surface area (Å²) in [6, 6.07) is 4.49. The van der Waals surface area contributed by atoms with E-state index >= 15 is 0 Å². The molecule has 0 aromatic carbocycles. The Morgan fingerprint density at radius 3 is 2.58 bits per heavy atom. The average Bonchev–Trinajstić information content (AvgIpc) is 3.27. The van der Waals surface area contributed by atoms with Gasteiger partial charge in [-0.15, -0.1) is 11.3 Å². The maximum Gasteiger partial charge on any atom is 0.284 e. The first-order valence-electron chi connectivity index (χ1n) is 12.6. The number of aliphatic imine (C=N–C) groups is 1. The van der Waals surface area contributed by atoms with Gasteiger partial charge < -0.3 is 0 Å². The van der Waals surface area contributed by atoms with Gasteiger partial charge in [0.1, 0.15) is 6.07 Å². The molecule has 0 fully saturated rings. The van der Waals surface area contributed by atoms with Gasteiger partial charge in [-0.1, -0.05) is 33.3 Å². The molecule has 1 aliphatic rings. The van der Waals surface area contributed by atoms with Crippen LogP contribution in [0.5, 0.6) is 0 Å². The zero-order valence-corrected chi connectivity index (χ0v) is 25.4. The molecule has 3 heterocycles. The van der Waals surface area contributed by atoms with Crippen molar-refractivity contribution in [2.45, 2.75) is 73.0 Å². The second-order valence-electron chi connectivity index (χ2n) is 8.93. The van der Waals surface area contributed by atoms with Crippen molar-refractivity contribution in [3.63, 3.8) is 0 Å². The van der Waals surface area contributed by atoms with Crippen LogP contribution in [0.3, 0.4) is 0 Å². The molecule has 0 amide bonds. The Hall–Kier alpha value is -2.24. The summed E-state index contributed by atoms with van der Waals surface area (Å²) in [7, 11) is -3.04. The Labute approximate surface area is 235 Å². The van der Waals surface area contributed by atoms with Crippen LogP contribution >= 0.6 is 31.8 Å². The van der Waals surface area contributed by atoms with Gasteiger partial charge in [-0.25, -0.2) is 4.72 Å². The first-order valence-corrected chi connectivity index (χ1v) is 15.5. The van der Waals surface area contributed by atoms with Gasteiger partial charge in [-0.05, 0) is 74.8 Å². The van der Waals surface area contributed by atoms with Crippen LogP contribution in [-0.4, -0.2) is 21.5 Å². The lowest BCUT2D eigenvalue weighted by Crippen LogP contribution is -2.14. The van der Waals surface area contributed by atoms with E-state index in [0.717, 1.165) is 69.2 Å². The van der Waals surface area contributed by atoms with Gasteiger partial charge in [-0.3, -0.25) is 15.0 Å². The molecule has 0 aliphatic carbocycles. The molecule has 0 saturated heterocycles. The number of hydrogen-bond donors (Lipinski definition) is 1. The molecule has 2 unspecified atom stereocenters. The molecule has 10 heteroatoms. The largest absolute Gasteiger partial charge is 0.284 e. The molecule has 204 valence electrons. The first kappa shape index (κ1) is 32.0. The Morgan fingerprint density at radius 1 is 1.26 bits per heavy atom. The van der Waals surface area contributed by atoms with E-state index in [1.807, 2.05) is 37.6 Å². The van der Waals surface area contributed by atoms with Crippen molar-refractivity contribution >= 4 is 43.1 Å². The van der Waals surface area contributed by atoms with Crippen molar-refractivity contribution in [3.8, 4) is 6.07 Å². The minimum absolute atomic E-state index is 0.389. The van der Waals surface area contributed by atoms with E-state index in [9.17, 15) is 13.7 Å². The fourth-order valence-corrected chi connectivity index (χ4v) is 4.94. The summed E-state index contributed by atoms with van der Waals surface area (Å²) >= 11 is 2.83. The zero-order valence-electron chi connectivity index (χ0n) is 22.8. The van der Waals surface area contributed by atoms with Crippen molar-refractivity contribution in [3.05, 3.63) is 74.5 Å². The number of nitrogens with one attached hydrogen (secondary N) is 1. The first-order chi connectivity index (χ1) is 18.2. The van der Waals surface area contributed by atoms with Crippen molar-refractivity contribution in [2.24, 2.45) is 10.9 Å².